The van der Waals surface area contributed by atoms with Crippen molar-refractivity contribution in [3.05, 3.63) is 108 Å². The maximum Gasteiger partial charge on any atom is 0.244 e. The standard InChI is InChI=1S/C24H22N2O3/c25-24(28)23(20-9-5-2-6-10-20)26-22(27)16-13-18-11-14-21(15-12-18)29-17-19-7-3-1-4-8-19/h1-16,23H,17H2,(H2,25,28)(H,26,27)/b16-13+. The van der Waals surface area contributed by atoms with Crippen LogP contribution in [-0.2, 0) is 16.2 Å². The number of nitrogens with two attached hydrogens (primary N) is 1. The van der Waals surface area contributed by atoms with E-state index in [0.29, 0.717) is 12.2 Å². The summed E-state index contributed by atoms with van der Waals surface area (Å²) in [5, 5.41) is 2.63. The van der Waals surface area contributed by atoms with Gasteiger partial charge in [0.2, 0.25) is 11.8 Å². The van der Waals surface area contributed by atoms with Crippen LogP contribution >= 0.6 is 0 Å². The molecule has 0 fully saturated rings. The molecule has 0 bridgehead atoms. The molecule has 0 radical (unpaired) electrons. The van der Waals surface area contributed by atoms with Crippen molar-refractivity contribution in [3.8, 4) is 5.75 Å². The third kappa shape index (κ3) is 6.07. The molecular formula is C24H22N2O3. The van der Waals surface area contributed by atoms with Gasteiger partial charge in [-0.3, -0.25) is 9.59 Å². The topological polar surface area (TPSA) is 81.4 Å². The Labute approximate surface area is 169 Å². The third-order valence-electron chi connectivity index (χ3n) is 4.26. The minimum atomic E-state index is -0.873. The lowest BCUT2D eigenvalue weighted by Crippen LogP contribution is -2.36. The van der Waals surface area contributed by atoms with E-state index in [1.54, 1.807) is 30.3 Å². The largest absolute Gasteiger partial charge is 0.489 e. The summed E-state index contributed by atoms with van der Waals surface area (Å²) in [4.78, 5) is 23.9. The highest BCUT2D eigenvalue weighted by molar-refractivity contribution is 5.95. The van der Waals surface area contributed by atoms with Gasteiger partial charge >= 0.3 is 0 Å². The van der Waals surface area contributed by atoms with Gasteiger partial charge in [0, 0.05) is 6.08 Å². The van der Waals surface area contributed by atoms with Crippen LogP contribution in [0.2, 0.25) is 0 Å². The summed E-state index contributed by atoms with van der Waals surface area (Å²) in [6, 6.07) is 25.3. The molecule has 2 amide bonds. The van der Waals surface area contributed by atoms with Crippen molar-refractivity contribution in [3.63, 3.8) is 0 Å². The molecule has 0 heterocycles. The van der Waals surface area contributed by atoms with Gasteiger partial charge in [-0.05, 0) is 34.9 Å². The van der Waals surface area contributed by atoms with Crippen LogP contribution in [0.4, 0.5) is 0 Å². The number of amides is 2. The average molecular weight is 386 g/mol. The van der Waals surface area contributed by atoms with Crippen LogP contribution in [0.1, 0.15) is 22.7 Å². The average Bonchev–Trinajstić information content (AvgIpc) is 2.76. The number of carbonyl (C=O) groups is 2. The first kappa shape index (κ1) is 19.9. The van der Waals surface area contributed by atoms with Gasteiger partial charge in [0.25, 0.3) is 0 Å². The molecule has 5 heteroatoms. The zero-order valence-corrected chi connectivity index (χ0v) is 15.8. The fourth-order valence-corrected chi connectivity index (χ4v) is 2.74. The quantitative estimate of drug-likeness (QED) is 0.580. The molecule has 0 aliphatic carbocycles. The lowest BCUT2D eigenvalue weighted by molar-refractivity contribution is -0.125. The molecule has 0 aromatic heterocycles. The monoisotopic (exact) mass is 386 g/mol. The molecule has 3 aromatic rings. The van der Waals surface area contributed by atoms with E-state index in [1.807, 2.05) is 60.7 Å². The van der Waals surface area contributed by atoms with Crippen molar-refractivity contribution in [2.75, 3.05) is 0 Å². The van der Waals surface area contributed by atoms with Crippen molar-refractivity contribution in [2.24, 2.45) is 5.73 Å². The van der Waals surface area contributed by atoms with Gasteiger partial charge in [-0.25, -0.2) is 0 Å². The number of hydrogen-bond donors (Lipinski definition) is 2. The molecular weight excluding hydrogens is 364 g/mol. The zero-order valence-electron chi connectivity index (χ0n) is 15.8. The van der Waals surface area contributed by atoms with Crippen LogP contribution in [-0.4, -0.2) is 11.8 Å². The summed E-state index contributed by atoms with van der Waals surface area (Å²) in [6.07, 6.45) is 3.04. The van der Waals surface area contributed by atoms with E-state index in [0.717, 1.165) is 16.9 Å². The van der Waals surface area contributed by atoms with Crippen LogP contribution < -0.4 is 15.8 Å². The van der Waals surface area contributed by atoms with Crippen molar-refractivity contribution in [1.29, 1.82) is 0 Å². The minimum absolute atomic E-state index is 0.401. The molecule has 0 saturated carbocycles. The Kier molecular flexibility index (Phi) is 6.79. The molecule has 5 nitrogen and oxygen atoms in total. The maximum atomic E-state index is 12.2. The lowest BCUT2D eigenvalue weighted by Gasteiger charge is -2.14. The van der Waals surface area contributed by atoms with Crippen molar-refractivity contribution in [1.82, 2.24) is 5.32 Å². The molecule has 0 aliphatic heterocycles. The first-order valence-corrected chi connectivity index (χ1v) is 9.21. The molecule has 3 rings (SSSR count). The predicted octanol–water partition coefficient (Wildman–Crippen LogP) is 3.62. The van der Waals surface area contributed by atoms with Crippen LogP contribution in [0.25, 0.3) is 6.08 Å². The van der Waals surface area contributed by atoms with Crippen molar-refractivity contribution >= 4 is 17.9 Å². The third-order valence-corrected chi connectivity index (χ3v) is 4.26. The maximum absolute atomic E-state index is 12.2. The normalized spacial score (nSPS) is 11.7. The van der Waals surface area contributed by atoms with E-state index >= 15 is 0 Å². The van der Waals surface area contributed by atoms with Gasteiger partial charge in [-0.2, -0.15) is 0 Å². The second kappa shape index (κ2) is 9.90. The molecule has 3 N–H and O–H groups in total. The molecule has 0 spiro atoms. The van der Waals surface area contributed by atoms with E-state index in [-0.39, 0.29) is 0 Å². The summed E-state index contributed by atoms with van der Waals surface area (Å²) < 4.78 is 5.75. The summed E-state index contributed by atoms with van der Waals surface area (Å²) >= 11 is 0. The van der Waals surface area contributed by atoms with Crippen LogP contribution in [0.5, 0.6) is 5.75 Å². The zero-order chi connectivity index (χ0) is 20.5. The number of carbonyl (C=O) groups excluding carboxylic acids is 2. The van der Waals surface area contributed by atoms with Gasteiger partial charge in [-0.1, -0.05) is 72.8 Å². The van der Waals surface area contributed by atoms with Crippen molar-refractivity contribution in [2.45, 2.75) is 12.6 Å². The first-order chi connectivity index (χ1) is 14.1. The molecule has 146 valence electrons. The van der Waals surface area contributed by atoms with Gasteiger partial charge in [0.05, 0.1) is 0 Å². The minimum Gasteiger partial charge on any atom is -0.489 e. The Morgan fingerprint density at radius 2 is 1.52 bits per heavy atom. The fourth-order valence-electron chi connectivity index (χ4n) is 2.74. The van der Waals surface area contributed by atoms with Crippen LogP contribution in [0, 0.1) is 0 Å². The molecule has 1 atom stereocenters. The lowest BCUT2D eigenvalue weighted by atomic mass is 10.1. The number of rotatable bonds is 8. The number of nitrogens with one attached hydrogen (secondary N) is 1. The SMILES string of the molecule is NC(=O)C(NC(=O)/C=C/c1ccc(OCc2ccccc2)cc1)c1ccccc1. The second-order valence-electron chi connectivity index (χ2n) is 6.43. The second-order valence-corrected chi connectivity index (χ2v) is 6.43. The van der Waals surface area contributed by atoms with Gasteiger partial charge in [-0.15, -0.1) is 0 Å². The summed E-state index contributed by atoms with van der Waals surface area (Å²) in [6.45, 7) is 0.492. The first-order valence-electron chi connectivity index (χ1n) is 9.21. The summed E-state index contributed by atoms with van der Waals surface area (Å²) in [5.74, 6) is -0.270. The predicted molar refractivity (Wildman–Crippen MR) is 113 cm³/mol. The molecule has 0 aliphatic rings. The molecule has 29 heavy (non-hydrogen) atoms. The Morgan fingerprint density at radius 1 is 0.897 bits per heavy atom. The van der Waals surface area contributed by atoms with Gasteiger partial charge in [0.15, 0.2) is 0 Å². The van der Waals surface area contributed by atoms with E-state index in [2.05, 4.69) is 5.32 Å². The number of primary amides is 1. The van der Waals surface area contributed by atoms with E-state index in [9.17, 15) is 9.59 Å². The van der Waals surface area contributed by atoms with Gasteiger partial charge in [0.1, 0.15) is 18.4 Å². The van der Waals surface area contributed by atoms with Crippen LogP contribution in [0.3, 0.4) is 0 Å². The Balaban J connectivity index is 1.56. The van der Waals surface area contributed by atoms with E-state index in [4.69, 9.17) is 10.5 Å². The van der Waals surface area contributed by atoms with Gasteiger partial charge < -0.3 is 15.8 Å². The highest BCUT2D eigenvalue weighted by Gasteiger charge is 2.18. The highest BCUT2D eigenvalue weighted by Crippen LogP contribution is 2.16. The highest BCUT2D eigenvalue weighted by atomic mass is 16.5. The van der Waals surface area contributed by atoms with E-state index in [1.165, 1.54) is 6.08 Å². The number of hydrogen-bond acceptors (Lipinski definition) is 3. The molecule has 0 saturated heterocycles. The molecule has 1 unspecified atom stereocenters. The molecule has 3 aromatic carbocycles. The summed E-state index contributed by atoms with van der Waals surface area (Å²) in [7, 11) is 0. The number of ether oxygens (including phenoxy) is 1. The Hall–Kier alpha value is -3.86. The van der Waals surface area contributed by atoms with Crippen LogP contribution in [0.15, 0.2) is 91.0 Å². The van der Waals surface area contributed by atoms with E-state index < -0.39 is 17.9 Å². The Morgan fingerprint density at radius 3 is 2.14 bits per heavy atom. The number of benzene rings is 3. The smallest absolute Gasteiger partial charge is 0.244 e. The Bertz CT molecular complexity index is 968. The van der Waals surface area contributed by atoms with Crippen molar-refractivity contribution < 1.29 is 14.3 Å². The fraction of sp³-hybridized carbons (Fsp3) is 0.0833. The summed E-state index contributed by atoms with van der Waals surface area (Å²) in [5.41, 5.74) is 7.99.